The molecule has 0 saturated heterocycles. The zero-order chi connectivity index (χ0) is 10.1. The van der Waals surface area contributed by atoms with Gasteiger partial charge < -0.3 is 9.47 Å². The molecule has 0 bridgehead atoms. The van der Waals surface area contributed by atoms with Crippen molar-refractivity contribution < 1.29 is 14.4 Å². The lowest BCUT2D eigenvalue weighted by Crippen LogP contribution is -2.14. The molecule has 0 aliphatic carbocycles. The van der Waals surface area contributed by atoms with Crippen LogP contribution < -0.4 is 9.47 Å². The molecular formula is C8H4N2O4. The van der Waals surface area contributed by atoms with Crippen molar-refractivity contribution in [3.63, 3.8) is 0 Å². The van der Waals surface area contributed by atoms with E-state index in [4.69, 9.17) is 14.7 Å². The summed E-state index contributed by atoms with van der Waals surface area (Å²) in [6.07, 6.45) is -1.09. The number of nitrogens with zero attached hydrogens (tertiary/aromatic N) is 2. The van der Waals surface area contributed by atoms with Crippen molar-refractivity contribution in [2.75, 3.05) is 0 Å². The maximum absolute atomic E-state index is 10.5. The zero-order valence-corrected chi connectivity index (χ0v) is 6.84. The number of fused-ring (bicyclic) bond motifs is 1. The van der Waals surface area contributed by atoms with E-state index in [1.54, 1.807) is 6.07 Å². The van der Waals surface area contributed by atoms with Crippen molar-refractivity contribution >= 4 is 5.69 Å². The fraction of sp³-hybridized carbons (Fsp3) is 0.125. The standard InChI is InChI=1S/C8H4N2O4/c9-4-7-13-6-3-1-2-5(10(11)12)8(6)14-7/h1-3,7H. The smallest absolute Gasteiger partial charge is 0.332 e. The largest absolute Gasteiger partial charge is 0.438 e. The topological polar surface area (TPSA) is 85.4 Å². The first-order valence-corrected chi connectivity index (χ1v) is 3.72. The molecule has 0 aromatic heterocycles. The molecule has 1 aromatic rings. The van der Waals surface area contributed by atoms with Crippen molar-refractivity contribution in [3.8, 4) is 17.6 Å². The highest BCUT2D eigenvalue weighted by Crippen LogP contribution is 2.41. The summed E-state index contributed by atoms with van der Waals surface area (Å²) in [5.74, 6) is 0.245. The Balaban J connectivity index is 2.47. The molecule has 1 atom stereocenters. The average molecular weight is 192 g/mol. The first-order valence-electron chi connectivity index (χ1n) is 3.72. The summed E-state index contributed by atoms with van der Waals surface area (Å²) in [7, 11) is 0. The van der Waals surface area contributed by atoms with E-state index in [-0.39, 0.29) is 17.2 Å². The molecule has 0 saturated carbocycles. The lowest BCUT2D eigenvalue weighted by atomic mass is 10.3. The minimum Gasteiger partial charge on any atom is -0.438 e. The quantitative estimate of drug-likeness (QED) is 0.493. The minimum absolute atomic E-state index is 0.0176. The molecule has 0 fully saturated rings. The molecule has 6 heteroatoms. The Kier molecular flexibility index (Phi) is 1.71. The Morgan fingerprint density at radius 2 is 2.29 bits per heavy atom. The summed E-state index contributed by atoms with van der Waals surface area (Å²) in [4.78, 5) is 9.96. The monoisotopic (exact) mass is 192 g/mol. The predicted octanol–water partition coefficient (Wildman–Crippen LogP) is 1.22. The maximum atomic E-state index is 10.5. The second-order valence-electron chi connectivity index (χ2n) is 2.56. The highest BCUT2D eigenvalue weighted by atomic mass is 16.7. The van der Waals surface area contributed by atoms with Crippen molar-refractivity contribution in [2.45, 2.75) is 6.29 Å². The van der Waals surface area contributed by atoms with E-state index in [9.17, 15) is 10.1 Å². The first kappa shape index (κ1) is 8.31. The molecular weight excluding hydrogens is 188 g/mol. The number of hydrogen-bond donors (Lipinski definition) is 0. The summed E-state index contributed by atoms with van der Waals surface area (Å²) in [6.45, 7) is 0. The first-order chi connectivity index (χ1) is 6.72. The van der Waals surface area contributed by atoms with Crippen LogP contribution in [0, 0.1) is 21.4 Å². The highest BCUT2D eigenvalue weighted by Gasteiger charge is 2.31. The van der Waals surface area contributed by atoms with E-state index < -0.39 is 11.2 Å². The fourth-order valence-electron chi connectivity index (χ4n) is 1.16. The Morgan fingerprint density at radius 1 is 1.50 bits per heavy atom. The Labute approximate surface area is 78.4 Å². The zero-order valence-electron chi connectivity index (χ0n) is 6.84. The van der Waals surface area contributed by atoms with Gasteiger partial charge in [0.05, 0.1) is 4.92 Å². The number of para-hydroxylation sites is 1. The number of rotatable bonds is 1. The molecule has 0 N–H and O–H groups in total. The average Bonchev–Trinajstić information content (AvgIpc) is 2.59. The number of benzene rings is 1. The van der Waals surface area contributed by atoms with Gasteiger partial charge in [-0.2, -0.15) is 5.26 Å². The van der Waals surface area contributed by atoms with Gasteiger partial charge in [-0.25, -0.2) is 0 Å². The van der Waals surface area contributed by atoms with Crippen LogP contribution in [0.25, 0.3) is 0 Å². The van der Waals surface area contributed by atoms with Gasteiger partial charge in [0.1, 0.15) is 0 Å². The molecule has 1 aliphatic heterocycles. The Bertz CT molecular complexity index is 437. The molecule has 0 spiro atoms. The summed E-state index contributed by atoms with van der Waals surface area (Å²) in [5.41, 5.74) is -0.194. The van der Waals surface area contributed by atoms with Gasteiger partial charge in [-0.05, 0) is 6.07 Å². The van der Waals surface area contributed by atoms with Gasteiger partial charge in [-0.3, -0.25) is 10.1 Å². The molecule has 1 aromatic carbocycles. The van der Waals surface area contributed by atoms with E-state index in [2.05, 4.69) is 0 Å². The molecule has 70 valence electrons. The van der Waals surface area contributed by atoms with E-state index in [1.165, 1.54) is 18.2 Å². The maximum Gasteiger partial charge on any atom is 0.332 e. The van der Waals surface area contributed by atoms with Crippen molar-refractivity contribution in [2.24, 2.45) is 0 Å². The molecule has 0 amide bonds. The normalized spacial score (nSPS) is 17.5. The molecule has 0 radical (unpaired) electrons. The van der Waals surface area contributed by atoms with Gasteiger partial charge in [0.25, 0.3) is 0 Å². The number of nitro benzene ring substituents is 1. The number of ether oxygens (including phenoxy) is 2. The molecule has 14 heavy (non-hydrogen) atoms. The third-order valence-electron chi connectivity index (χ3n) is 1.72. The van der Waals surface area contributed by atoms with Gasteiger partial charge in [0.2, 0.25) is 5.75 Å². The summed E-state index contributed by atoms with van der Waals surface area (Å²) >= 11 is 0. The van der Waals surface area contributed by atoms with Gasteiger partial charge >= 0.3 is 12.0 Å². The SMILES string of the molecule is N#CC1Oc2cccc([N+](=O)[O-])c2O1. The molecule has 2 rings (SSSR count). The van der Waals surface area contributed by atoms with E-state index in [0.29, 0.717) is 0 Å². The van der Waals surface area contributed by atoms with Gasteiger partial charge in [-0.1, -0.05) is 6.07 Å². The van der Waals surface area contributed by atoms with E-state index in [0.717, 1.165) is 0 Å². The lowest BCUT2D eigenvalue weighted by molar-refractivity contribution is -0.385. The summed E-state index contributed by atoms with van der Waals surface area (Å²) in [6, 6.07) is 5.99. The van der Waals surface area contributed by atoms with Crippen LogP contribution in [0.5, 0.6) is 11.5 Å². The third kappa shape index (κ3) is 1.11. The van der Waals surface area contributed by atoms with Crippen LogP contribution in [0.4, 0.5) is 5.69 Å². The Morgan fingerprint density at radius 3 is 2.93 bits per heavy atom. The third-order valence-corrected chi connectivity index (χ3v) is 1.72. The van der Waals surface area contributed by atoms with Crippen LogP contribution in [0.1, 0.15) is 0 Å². The number of nitro groups is 1. The fourth-order valence-corrected chi connectivity index (χ4v) is 1.16. The van der Waals surface area contributed by atoms with E-state index >= 15 is 0 Å². The van der Waals surface area contributed by atoms with Crippen LogP contribution >= 0.6 is 0 Å². The molecule has 6 nitrogen and oxygen atoms in total. The second-order valence-corrected chi connectivity index (χ2v) is 2.56. The van der Waals surface area contributed by atoms with Crippen molar-refractivity contribution in [1.29, 1.82) is 5.26 Å². The van der Waals surface area contributed by atoms with Crippen LogP contribution in [0.3, 0.4) is 0 Å². The van der Waals surface area contributed by atoms with Gasteiger partial charge in [-0.15, -0.1) is 0 Å². The second kappa shape index (κ2) is 2.88. The lowest BCUT2D eigenvalue weighted by Gasteiger charge is -1.97. The van der Waals surface area contributed by atoms with Crippen LogP contribution in [-0.2, 0) is 0 Å². The molecule has 1 heterocycles. The Hall–Kier alpha value is -2.29. The van der Waals surface area contributed by atoms with Crippen LogP contribution in [0.15, 0.2) is 18.2 Å². The van der Waals surface area contributed by atoms with Gasteiger partial charge in [0.15, 0.2) is 11.8 Å². The molecule has 1 unspecified atom stereocenters. The highest BCUT2D eigenvalue weighted by molar-refractivity contribution is 5.57. The number of hydrogen-bond acceptors (Lipinski definition) is 5. The minimum atomic E-state index is -1.09. The van der Waals surface area contributed by atoms with Crippen LogP contribution in [0.2, 0.25) is 0 Å². The van der Waals surface area contributed by atoms with Crippen molar-refractivity contribution in [3.05, 3.63) is 28.3 Å². The predicted molar refractivity (Wildman–Crippen MR) is 43.8 cm³/mol. The summed E-state index contributed by atoms with van der Waals surface area (Å²) in [5, 5.41) is 19.0. The van der Waals surface area contributed by atoms with E-state index in [1.807, 2.05) is 0 Å². The van der Waals surface area contributed by atoms with Crippen molar-refractivity contribution in [1.82, 2.24) is 0 Å². The summed E-state index contributed by atoms with van der Waals surface area (Å²) < 4.78 is 9.88. The molecule has 1 aliphatic rings. The van der Waals surface area contributed by atoms with Crippen LogP contribution in [-0.4, -0.2) is 11.2 Å². The van der Waals surface area contributed by atoms with Gasteiger partial charge in [0, 0.05) is 6.07 Å². The number of nitriles is 1.